The number of hydrogen-bond donors (Lipinski definition) is 0. The van der Waals surface area contributed by atoms with Crippen LogP contribution >= 0.6 is 11.3 Å². The van der Waals surface area contributed by atoms with Crippen LogP contribution < -0.4 is 0 Å². The summed E-state index contributed by atoms with van der Waals surface area (Å²) in [7, 11) is 0. The molecule has 12 rings (SSSR count). The van der Waals surface area contributed by atoms with Gasteiger partial charge >= 0.3 is 0 Å². The molecule has 0 bridgehead atoms. The van der Waals surface area contributed by atoms with Crippen LogP contribution in [0.2, 0.25) is 0 Å². The number of fused-ring (bicyclic) bond motifs is 9. The van der Waals surface area contributed by atoms with Crippen molar-refractivity contribution in [2.75, 3.05) is 0 Å². The van der Waals surface area contributed by atoms with Gasteiger partial charge in [0.05, 0.1) is 53.6 Å². The second-order valence-corrected chi connectivity index (χ2v) is 14.1. The zero-order chi connectivity index (χ0) is 57.5. The molecular formula is C54H34N2S. The van der Waals surface area contributed by atoms with Crippen LogP contribution in [-0.4, -0.2) is 9.13 Å². The Morgan fingerprint density at radius 1 is 0.368 bits per heavy atom. The topological polar surface area (TPSA) is 9.86 Å². The van der Waals surface area contributed by atoms with Crippen LogP contribution in [0.1, 0.15) is 31.5 Å². The summed E-state index contributed by atoms with van der Waals surface area (Å²) in [5, 5.41) is -1.01. The summed E-state index contributed by atoms with van der Waals surface area (Å²) in [6, 6.07) is 3.68. The van der Waals surface area contributed by atoms with Gasteiger partial charge in [0.25, 0.3) is 0 Å². The summed E-state index contributed by atoms with van der Waals surface area (Å²) in [6.45, 7) is 0. The molecule has 266 valence electrons. The Morgan fingerprint density at radius 3 is 1.72 bits per heavy atom. The van der Waals surface area contributed by atoms with E-state index in [9.17, 15) is 15.1 Å². The Morgan fingerprint density at radius 2 is 1.00 bits per heavy atom. The summed E-state index contributed by atoms with van der Waals surface area (Å²) >= 11 is 0.799. The average Bonchev–Trinajstić information content (AvgIpc) is 2.22. The molecule has 57 heavy (non-hydrogen) atoms. The molecule has 0 aliphatic heterocycles. The molecule has 3 aromatic heterocycles. The van der Waals surface area contributed by atoms with Gasteiger partial charge in [-0.3, -0.25) is 0 Å². The maximum Gasteiger partial charge on any atom is 0.0660 e. The van der Waals surface area contributed by atoms with E-state index in [1.165, 1.54) is 16.7 Å². The lowest BCUT2D eigenvalue weighted by molar-refractivity contribution is 1.18. The molecule has 0 spiro atoms. The monoisotopic (exact) mass is 765 g/mol. The predicted molar refractivity (Wildman–Crippen MR) is 244 cm³/mol. The van der Waals surface area contributed by atoms with Crippen LogP contribution in [0.15, 0.2) is 206 Å². The van der Waals surface area contributed by atoms with E-state index in [1.807, 2.05) is 36.4 Å². The summed E-state index contributed by atoms with van der Waals surface area (Å²) in [5.41, 5.74) is -1.23. The average molecular weight is 766 g/mol. The van der Waals surface area contributed by atoms with Crippen molar-refractivity contribution in [2.45, 2.75) is 0 Å². The number of nitrogens with zero attached hydrogens (tertiary/aromatic N) is 2. The third-order valence-electron chi connectivity index (χ3n) is 9.98. The summed E-state index contributed by atoms with van der Waals surface area (Å²) in [6.07, 6.45) is 0. The molecule has 0 saturated carbocycles. The van der Waals surface area contributed by atoms with Crippen molar-refractivity contribution in [3.05, 3.63) is 206 Å². The fraction of sp³-hybridized carbons (Fsp3) is 0. The molecule has 0 saturated heterocycles. The van der Waals surface area contributed by atoms with Crippen molar-refractivity contribution in [3.63, 3.8) is 0 Å². The van der Waals surface area contributed by atoms with Gasteiger partial charge in [0.2, 0.25) is 0 Å². The van der Waals surface area contributed by atoms with Crippen LogP contribution in [0.4, 0.5) is 0 Å². The van der Waals surface area contributed by atoms with E-state index >= 15 is 0 Å². The molecule has 12 aromatic rings. The molecule has 0 unspecified atom stereocenters. The molecule has 0 atom stereocenters. The van der Waals surface area contributed by atoms with Crippen molar-refractivity contribution in [1.29, 1.82) is 0 Å². The molecular weight excluding hydrogens is 709 g/mol. The van der Waals surface area contributed by atoms with Gasteiger partial charge in [-0.25, -0.2) is 0 Å². The lowest BCUT2D eigenvalue weighted by atomic mass is 9.99. The van der Waals surface area contributed by atoms with E-state index in [0.29, 0.717) is 11.3 Å². The third kappa shape index (κ3) is 5.03. The highest BCUT2D eigenvalue weighted by Crippen LogP contribution is 2.43. The predicted octanol–water partition coefficient (Wildman–Crippen LogP) is 15.2. The second kappa shape index (κ2) is 12.7. The van der Waals surface area contributed by atoms with Gasteiger partial charge in [0.1, 0.15) is 0 Å². The summed E-state index contributed by atoms with van der Waals surface area (Å²) < 4.78 is 212. The summed E-state index contributed by atoms with van der Waals surface area (Å²) in [4.78, 5) is 0. The molecule has 3 heteroatoms. The lowest BCUT2D eigenvalue weighted by Gasteiger charge is -2.11. The van der Waals surface area contributed by atoms with Crippen LogP contribution in [0, 0.1) is 0 Å². The molecule has 9 aromatic carbocycles. The molecule has 0 N–H and O–H groups in total. The van der Waals surface area contributed by atoms with E-state index in [-0.39, 0.29) is 75.0 Å². The zero-order valence-electron chi connectivity index (χ0n) is 52.2. The maximum atomic E-state index is 9.99. The Bertz CT molecular complexity index is 4840. The molecule has 3 heterocycles. The molecule has 0 aliphatic rings. The maximum absolute atomic E-state index is 9.99. The van der Waals surface area contributed by atoms with Gasteiger partial charge < -0.3 is 9.13 Å². The highest BCUT2D eigenvalue weighted by Gasteiger charge is 2.18. The number of benzene rings is 9. The molecule has 0 radical (unpaired) electrons. The zero-order valence-corrected chi connectivity index (χ0v) is 30.0. The van der Waals surface area contributed by atoms with E-state index in [0.717, 1.165) is 21.5 Å². The summed E-state index contributed by atoms with van der Waals surface area (Å²) in [5.74, 6) is 0. The van der Waals surface area contributed by atoms with E-state index in [2.05, 4.69) is 0 Å². The number of hydrogen-bond acceptors (Lipinski definition) is 1. The van der Waals surface area contributed by atoms with Crippen LogP contribution in [0.3, 0.4) is 0 Å². The van der Waals surface area contributed by atoms with Crippen LogP contribution in [0.5, 0.6) is 0 Å². The van der Waals surface area contributed by atoms with Crippen molar-refractivity contribution in [3.8, 4) is 44.8 Å². The third-order valence-corrected chi connectivity index (χ3v) is 11.0. The molecule has 2 nitrogen and oxygen atoms in total. The minimum absolute atomic E-state index is 0.00726. The number of thiophene rings is 1. The first-order valence-corrected chi connectivity index (χ1v) is 18.5. The molecule has 0 amide bonds. The van der Waals surface area contributed by atoms with Crippen molar-refractivity contribution < 1.29 is 31.5 Å². The lowest BCUT2D eigenvalue weighted by Crippen LogP contribution is -1.94. The van der Waals surface area contributed by atoms with Crippen molar-refractivity contribution >= 4 is 75.1 Å². The van der Waals surface area contributed by atoms with Gasteiger partial charge in [-0.2, -0.15) is 0 Å². The van der Waals surface area contributed by atoms with E-state index in [4.69, 9.17) is 16.4 Å². The first kappa shape index (κ1) is 16.9. The molecule has 0 aliphatic carbocycles. The normalized spacial score (nSPS) is 17.5. The Hall–Kier alpha value is -7.20. The largest absolute Gasteiger partial charge is 0.309 e. The molecule has 0 fully saturated rings. The van der Waals surface area contributed by atoms with Gasteiger partial charge in [-0.05, 0) is 99.9 Å². The number of rotatable bonds is 5. The van der Waals surface area contributed by atoms with Crippen molar-refractivity contribution in [1.82, 2.24) is 9.13 Å². The minimum atomic E-state index is -0.814. The Labute approximate surface area is 366 Å². The quantitative estimate of drug-likeness (QED) is 0.165. The number of aromatic nitrogens is 2. The highest BCUT2D eigenvalue weighted by molar-refractivity contribution is 7.26. The van der Waals surface area contributed by atoms with Gasteiger partial charge in [0.15, 0.2) is 0 Å². The van der Waals surface area contributed by atoms with E-state index < -0.39 is 156 Å². The van der Waals surface area contributed by atoms with Crippen molar-refractivity contribution in [2.24, 2.45) is 0 Å². The smallest absolute Gasteiger partial charge is 0.0660 e. The number of para-hydroxylation sites is 2. The minimum Gasteiger partial charge on any atom is -0.309 e. The van der Waals surface area contributed by atoms with Crippen LogP contribution in [-0.2, 0) is 0 Å². The standard InChI is InChI=1S/C54H34N2S/c1-3-13-35(14-4-1)37-17-11-18-40(31-37)55-48-22-9-7-19-43(48)46-32-38(25-29-50(46)55)39-26-30-51-47(33-39)44-20-8-10-23-49(44)56(51)41-27-28-45-53(34-41)57-52-24-12-21-42(54(45)52)36-15-5-2-6-16-36/h1-34H/i2D,5D,6D,7D,8D,9D,10D,12D,15D,16D,19D,20D,21D,22D,23D,24D,25D,26D,29D,30D,32D,33D,34D. The van der Waals surface area contributed by atoms with Gasteiger partial charge in [-0.15, -0.1) is 11.3 Å². The van der Waals surface area contributed by atoms with Gasteiger partial charge in [0, 0.05) is 53.1 Å². The second-order valence-electron chi connectivity index (χ2n) is 13.1. The fourth-order valence-corrected chi connectivity index (χ4v) is 8.55. The highest BCUT2D eigenvalue weighted by atomic mass is 32.1. The SMILES string of the molecule is [2H]c1c([2H])c([2H])c(-c2c([2H])c([2H])c([2H])c3sc4c([2H])c(-n5c6c([2H])c([2H])c([2H])c([2H])c6c6c([2H])c(-c7c([2H])c([2H])c8c(c7[2H])c7c([2H])c([2H])c([2H])c([2H])c7n8-c7cccc(-c8ccccc8)c7)c([2H])c([2H])c65)ccc4c23)c([2H])c1[2H]. The van der Waals surface area contributed by atoms with E-state index in [1.54, 1.807) is 18.2 Å². The van der Waals surface area contributed by atoms with Gasteiger partial charge in [-0.1, -0.05) is 139 Å². The Balaban J connectivity index is 1.19. The Kier molecular flexibility index (Phi) is 3.75. The first-order valence-electron chi connectivity index (χ1n) is 29.1. The first-order chi connectivity index (χ1) is 37.9. The van der Waals surface area contributed by atoms with Crippen LogP contribution in [0.25, 0.3) is 109 Å². The fourth-order valence-electron chi connectivity index (χ4n) is 7.49.